The van der Waals surface area contributed by atoms with Gasteiger partial charge in [-0.05, 0) is 0 Å². The van der Waals surface area contributed by atoms with E-state index in [4.69, 9.17) is 23.5 Å². The van der Waals surface area contributed by atoms with Gasteiger partial charge in [0.05, 0.1) is 13.2 Å². The summed E-state index contributed by atoms with van der Waals surface area (Å²) in [4.78, 5) is 32.4. The highest BCUT2D eigenvalue weighted by atomic mass is 31.2. The average Bonchev–Trinajstić information content (AvgIpc) is 2.57. The summed E-state index contributed by atoms with van der Waals surface area (Å²) in [5.41, 5.74) is 0. The molecule has 0 spiro atoms. The van der Waals surface area contributed by atoms with Crippen LogP contribution in [0.5, 0.6) is 0 Å². The summed E-state index contributed by atoms with van der Waals surface area (Å²) in [6, 6.07) is 0. The molecule has 2 N–H and O–H groups in total. The molecule has 0 aromatic heterocycles. The minimum Gasteiger partial charge on any atom is -0.380 e. The van der Waals surface area contributed by atoms with Gasteiger partial charge < -0.3 is 33.3 Å². The number of carbonyl (C=O) groups excluding carboxylic acids is 2. The first-order valence-corrected chi connectivity index (χ1v) is 8.27. The first-order chi connectivity index (χ1) is 11.5. The molecule has 2 amide bonds. The fourth-order valence-electron chi connectivity index (χ4n) is 1.42. The van der Waals surface area contributed by atoms with Gasteiger partial charge in [0.1, 0.15) is 6.35 Å². The van der Waals surface area contributed by atoms with E-state index in [1.807, 2.05) is 5.32 Å². The summed E-state index contributed by atoms with van der Waals surface area (Å²) in [5.74, 6) is -0.566. The van der Waals surface area contributed by atoms with Gasteiger partial charge in [-0.2, -0.15) is 0 Å². The molecule has 0 fully saturated rings. The van der Waals surface area contributed by atoms with Crippen LogP contribution < -0.4 is 5.32 Å². The Morgan fingerprint density at radius 1 is 1.29 bits per heavy atom. The van der Waals surface area contributed by atoms with Gasteiger partial charge in [-0.3, -0.25) is 14.9 Å². The van der Waals surface area contributed by atoms with Crippen LogP contribution in [-0.2, 0) is 33.1 Å². The van der Waals surface area contributed by atoms with Crippen LogP contribution in [0, 0.1) is 0 Å². The molecule has 11 heteroatoms. The monoisotopic (exact) mass is 368 g/mol. The van der Waals surface area contributed by atoms with Crippen molar-refractivity contribution in [3.63, 3.8) is 0 Å². The Balaban J connectivity index is 4.72. The van der Waals surface area contributed by atoms with Gasteiger partial charge >= 0.3 is 0 Å². The van der Waals surface area contributed by atoms with Gasteiger partial charge in [-0.25, -0.2) is 0 Å². The molecule has 3 atom stereocenters. The van der Waals surface area contributed by atoms with E-state index in [9.17, 15) is 14.5 Å². The predicted octanol–water partition coefficient (Wildman–Crippen LogP) is -0.409. The number of hydrogen-bond donors (Lipinski definition) is 2. The Bertz CT molecular complexity index is 385. The van der Waals surface area contributed by atoms with Crippen LogP contribution in [0.2, 0.25) is 0 Å². The highest BCUT2D eigenvalue weighted by Crippen LogP contribution is 2.30. The van der Waals surface area contributed by atoms with E-state index in [2.05, 4.69) is 0 Å². The smallest absolute Gasteiger partial charge is 0.251 e. The lowest BCUT2D eigenvalue weighted by atomic mass is 10.4. The number of imide groups is 1. The van der Waals surface area contributed by atoms with E-state index in [0.717, 1.165) is 0 Å². The number of amides is 2. The molecule has 140 valence electrons. The largest absolute Gasteiger partial charge is 0.380 e. The molecule has 10 nitrogen and oxygen atoms in total. The van der Waals surface area contributed by atoms with Gasteiger partial charge in [0.15, 0.2) is 20.9 Å². The third-order valence-electron chi connectivity index (χ3n) is 2.62. The molecule has 0 saturated carbocycles. The van der Waals surface area contributed by atoms with Crippen LogP contribution in [0.4, 0.5) is 0 Å². The number of ether oxygens (including phenoxy) is 4. The maximum absolute atomic E-state index is 11.3. The zero-order chi connectivity index (χ0) is 18.4. The second kappa shape index (κ2) is 14.2. The lowest BCUT2D eigenvalue weighted by Crippen LogP contribution is -2.40. The predicted molar refractivity (Wildman–Crippen MR) is 85.6 cm³/mol. The summed E-state index contributed by atoms with van der Waals surface area (Å²) in [6.45, 7) is 0.300. The van der Waals surface area contributed by atoms with Gasteiger partial charge in [-0.15, -0.1) is 0 Å². The third-order valence-corrected chi connectivity index (χ3v) is 3.41. The van der Waals surface area contributed by atoms with Gasteiger partial charge in [0, 0.05) is 40.7 Å². The summed E-state index contributed by atoms with van der Waals surface area (Å²) in [6.07, 6.45) is 1.48. The standard InChI is InChI=1S/C13H25N2O8P/c1-15(6-5-11(17)14-9-16)12(7-19-2)23-13(8-20-3)22-10-24(18)21-4/h5-6,9,12-13,18H,7-8,10H2,1-4H3,(H,14,16,17)/b6-5-/t12?,13-,24?/m0/s1. The lowest BCUT2D eigenvalue weighted by molar-refractivity contribution is -0.217. The van der Waals surface area contributed by atoms with Crippen LogP contribution >= 0.6 is 8.38 Å². The zero-order valence-corrected chi connectivity index (χ0v) is 15.1. The third kappa shape index (κ3) is 10.6. The van der Waals surface area contributed by atoms with Crippen molar-refractivity contribution in [3.05, 3.63) is 12.3 Å². The molecule has 24 heavy (non-hydrogen) atoms. The van der Waals surface area contributed by atoms with E-state index in [-0.39, 0.29) is 19.6 Å². The summed E-state index contributed by atoms with van der Waals surface area (Å²) < 4.78 is 26.0. The van der Waals surface area contributed by atoms with Crippen molar-refractivity contribution in [2.24, 2.45) is 0 Å². The number of hydrogen-bond acceptors (Lipinski definition) is 9. The van der Waals surface area contributed by atoms with Crippen molar-refractivity contribution in [2.75, 3.05) is 47.9 Å². The number of rotatable bonds is 14. The van der Waals surface area contributed by atoms with Crippen molar-refractivity contribution in [1.29, 1.82) is 0 Å². The topological polar surface area (TPSA) is 116 Å². The number of likely N-dealkylation sites (N-methyl/N-ethyl adjacent to an activating group) is 1. The molecule has 0 saturated heterocycles. The zero-order valence-electron chi connectivity index (χ0n) is 14.2. The summed E-state index contributed by atoms with van der Waals surface area (Å²) in [5, 5.41) is 1.98. The Hall–Kier alpha value is -1.13. The number of nitrogens with one attached hydrogen (secondary N) is 1. The van der Waals surface area contributed by atoms with Crippen LogP contribution in [-0.4, -0.2) is 82.6 Å². The average molecular weight is 368 g/mol. The normalized spacial score (nSPS) is 15.0. The number of methoxy groups -OCH3 is 2. The van der Waals surface area contributed by atoms with Gasteiger partial charge in [-0.1, -0.05) is 0 Å². The van der Waals surface area contributed by atoms with Crippen LogP contribution in [0.15, 0.2) is 12.3 Å². The van der Waals surface area contributed by atoms with Crippen molar-refractivity contribution in [1.82, 2.24) is 10.2 Å². The fraction of sp³-hybridized carbons (Fsp3) is 0.692. The SMILES string of the molecule is COCC(O[C@@H](COC)OCP(O)OC)N(C)/C=C\C(=O)NC=O. The fourth-order valence-corrected chi connectivity index (χ4v) is 1.82. The molecule has 0 aliphatic rings. The molecule has 0 aliphatic carbocycles. The Morgan fingerprint density at radius 3 is 2.50 bits per heavy atom. The number of nitrogens with zero attached hydrogens (tertiary/aromatic N) is 1. The molecule has 0 aromatic carbocycles. The van der Waals surface area contributed by atoms with Crippen molar-refractivity contribution in [2.45, 2.75) is 12.5 Å². The maximum atomic E-state index is 11.3. The summed E-state index contributed by atoms with van der Waals surface area (Å²) >= 11 is 0. The van der Waals surface area contributed by atoms with E-state index in [1.165, 1.54) is 33.6 Å². The van der Waals surface area contributed by atoms with E-state index in [0.29, 0.717) is 6.41 Å². The first-order valence-electron chi connectivity index (χ1n) is 6.88. The van der Waals surface area contributed by atoms with Crippen LogP contribution in [0.25, 0.3) is 0 Å². The highest BCUT2D eigenvalue weighted by molar-refractivity contribution is 7.45. The van der Waals surface area contributed by atoms with Gasteiger partial charge in [0.2, 0.25) is 6.41 Å². The Morgan fingerprint density at radius 2 is 1.96 bits per heavy atom. The highest BCUT2D eigenvalue weighted by Gasteiger charge is 2.21. The molecule has 0 rings (SSSR count). The van der Waals surface area contributed by atoms with Crippen molar-refractivity contribution < 1.29 is 38.0 Å². The Labute approximate surface area is 142 Å². The second-order valence-electron chi connectivity index (χ2n) is 4.37. The van der Waals surface area contributed by atoms with Crippen LogP contribution in [0.3, 0.4) is 0 Å². The Kier molecular flexibility index (Phi) is 13.6. The quantitative estimate of drug-likeness (QED) is 0.183. The minimum atomic E-state index is -1.69. The molecular weight excluding hydrogens is 343 g/mol. The molecule has 0 radical (unpaired) electrons. The maximum Gasteiger partial charge on any atom is 0.251 e. The molecule has 0 aliphatic heterocycles. The molecule has 0 aromatic rings. The van der Waals surface area contributed by atoms with E-state index >= 15 is 0 Å². The minimum absolute atomic E-state index is 0.0408. The van der Waals surface area contributed by atoms with E-state index < -0.39 is 26.8 Å². The van der Waals surface area contributed by atoms with E-state index in [1.54, 1.807) is 11.9 Å². The molecule has 0 bridgehead atoms. The molecule has 2 unspecified atom stereocenters. The van der Waals surface area contributed by atoms with Gasteiger partial charge in [0.25, 0.3) is 5.91 Å². The lowest BCUT2D eigenvalue weighted by Gasteiger charge is -2.30. The summed E-state index contributed by atoms with van der Waals surface area (Å²) in [7, 11) is 4.32. The molecule has 0 heterocycles. The van der Waals surface area contributed by atoms with Crippen molar-refractivity contribution in [3.8, 4) is 0 Å². The number of carbonyl (C=O) groups is 2. The first kappa shape index (κ1) is 22.9. The van der Waals surface area contributed by atoms with Crippen LogP contribution in [0.1, 0.15) is 0 Å². The second-order valence-corrected chi connectivity index (χ2v) is 5.70. The van der Waals surface area contributed by atoms with Crippen molar-refractivity contribution >= 4 is 20.7 Å². The molecular formula is C13H25N2O8P.